The van der Waals surface area contributed by atoms with E-state index in [0.717, 1.165) is 12.1 Å². The SMILES string of the molecule is NCC=Cc1ccc(O)c(C(F)(F)F)c1. The highest BCUT2D eigenvalue weighted by atomic mass is 19.4. The Morgan fingerprint density at radius 2 is 2.00 bits per heavy atom. The lowest BCUT2D eigenvalue weighted by atomic mass is 10.1. The van der Waals surface area contributed by atoms with E-state index in [9.17, 15) is 13.2 Å². The van der Waals surface area contributed by atoms with Gasteiger partial charge in [-0.25, -0.2) is 0 Å². The van der Waals surface area contributed by atoms with E-state index in [1.54, 1.807) is 0 Å². The summed E-state index contributed by atoms with van der Waals surface area (Å²) in [6, 6.07) is 3.28. The van der Waals surface area contributed by atoms with Gasteiger partial charge in [0.05, 0.1) is 5.56 Å². The molecule has 0 aliphatic heterocycles. The summed E-state index contributed by atoms with van der Waals surface area (Å²) in [5.74, 6) is -0.771. The first kappa shape index (κ1) is 11.6. The number of benzene rings is 1. The maximum atomic E-state index is 12.3. The van der Waals surface area contributed by atoms with Crippen molar-refractivity contribution in [2.45, 2.75) is 6.18 Å². The number of halogens is 3. The highest BCUT2D eigenvalue weighted by molar-refractivity contribution is 5.53. The molecular weight excluding hydrogens is 207 g/mol. The molecule has 3 N–H and O–H groups in total. The van der Waals surface area contributed by atoms with Gasteiger partial charge in [0, 0.05) is 6.54 Å². The summed E-state index contributed by atoms with van der Waals surface area (Å²) in [6.45, 7) is 0.252. The largest absolute Gasteiger partial charge is 0.507 e. The van der Waals surface area contributed by atoms with Gasteiger partial charge in [-0.3, -0.25) is 0 Å². The summed E-state index contributed by atoms with van der Waals surface area (Å²) in [7, 11) is 0. The van der Waals surface area contributed by atoms with Crippen LogP contribution in [0.2, 0.25) is 0 Å². The lowest BCUT2D eigenvalue weighted by molar-refractivity contribution is -0.138. The molecule has 1 aromatic rings. The molecule has 0 bridgehead atoms. The monoisotopic (exact) mass is 217 g/mol. The van der Waals surface area contributed by atoms with Gasteiger partial charge < -0.3 is 10.8 Å². The second-order valence-corrected chi connectivity index (χ2v) is 2.91. The van der Waals surface area contributed by atoms with Gasteiger partial charge in [-0.2, -0.15) is 13.2 Å². The third-order valence-corrected chi connectivity index (χ3v) is 1.77. The normalized spacial score (nSPS) is 12.3. The van der Waals surface area contributed by atoms with E-state index in [4.69, 9.17) is 10.8 Å². The Morgan fingerprint density at radius 1 is 1.33 bits per heavy atom. The van der Waals surface area contributed by atoms with Gasteiger partial charge in [0.2, 0.25) is 0 Å². The van der Waals surface area contributed by atoms with Crippen molar-refractivity contribution in [3.8, 4) is 5.75 Å². The predicted molar refractivity (Wildman–Crippen MR) is 51.2 cm³/mol. The number of hydrogen-bond donors (Lipinski definition) is 2. The maximum absolute atomic E-state index is 12.3. The zero-order valence-corrected chi connectivity index (χ0v) is 7.75. The van der Waals surface area contributed by atoms with Crippen molar-refractivity contribution in [3.05, 3.63) is 35.4 Å². The van der Waals surface area contributed by atoms with Crippen LogP contribution in [-0.4, -0.2) is 11.7 Å². The molecule has 1 rings (SSSR count). The van der Waals surface area contributed by atoms with Crippen molar-refractivity contribution < 1.29 is 18.3 Å². The lowest BCUT2D eigenvalue weighted by Crippen LogP contribution is -2.05. The summed E-state index contributed by atoms with van der Waals surface area (Å²) >= 11 is 0. The molecule has 0 heterocycles. The molecule has 0 amide bonds. The predicted octanol–water partition coefficient (Wildman–Crippen LogP) is 2.38. The van der Waals surface area contributed by atoms with Crippen LogP contribution in [0, 0.1) is 0 Å². The summed E-state index contributed by atoms with van der Waals surface area (Å²) in [6.07, 6.45) is -1.54. The van der Waals surface area contributed by atoms with Crippen LogP contribution >= 0.6 is 0 Å². The minimum absolute atomic E-state index is 0.252. The number of hydrogen-bond acceptors (Lipinski definition) is 2. The molecule has 0 unspecified atom stereocenters. The van der Waals surface area contributed by atoms with Gasteiger partial charge in [-0.05, 0) is 17.7 Å². The topological polar surface area (TPSA) is 46.2 Å². The molecule has 0 aromatic heterocycles. The first-order valence-electron chi connectivity index (χ1n) is 4.22. The van der Waals surface area contributed by atoms with E-state index < -0.39 is 17.5 Å². The molecule has 0 aliphatic carbocycles. The quantitative estimate of drug-likeness (QED) is 0.798. The van der Waals surface area contributed by atoms with Crippen LogP contribution in [0.5, 0.6) is 5.75 Å². The summed E-state index contributed by atoms with van der Waals surface area (Å²) in [4.78, 5) is 0. The Labute approximate surface area is 84.8 Å². The average Bonchev–Trinajstić information content (AvgIpc) is 2.15. The van der Waals surface area contributed by atoms with Gasteiger partial charge in [0.25, 0.3) is 0 Å². The first-order valence-corrected chi connectivity index (χ1v) is 4.22. The Balaban J connectivity index is 3.11. The van der Waals surface area contributed by atoms with Crippen LogP contribution in [0.3, 0.4) is 0 Å². The minimum Gasteiger partial charge on any atom is -0.507 e. The third-order valence-electron chi connectivity index (χ3n) is 1.77. The highest BCUT2D eigenvalue weighted by Gasteiger charge is 2.33. The summed E-state index contributed by atoms with van der Waals surface area (Å²) < 4.78 is 37.0. The molecule has 0 saturated carbocycles. The van der Waals surface area contributed by atoms with E-state index in [2.05, 4.69) is 0 Å². The first-order chi connectivity index (χ1) is 6.95. The zero-order valence-electron chi connectivity index (χ0n) is 7.75. The van der Waals surface area contributed by atoms with Crippen LogP contribution in [0.4, 0.5) is 13.2 Å². The van der Waals surface area contributed by atoms with Gasteiger partial charge >= 0.3 is 6.18 Å². The molecule has 15 heavy (non-hydrogen) atoms. The van der Waals surface area contributed by atoms with E-state index >= 15 is 0 Å². The number of rotatable bonds is 2. The van der Waals surface area contributed by atoms with Gasteiger partial charge in [-0.1, -0.05) is 18.2 Å². The summed E-state index contributed by atoms with van der Waals surface area (Å²) in [5.41, 5.74) is 4.48. The molecule has 0 spiro atoms. The molecule has 0 fully saturated rings. The van der Waals surface area contributed by atoms with E-state index in [1.165, 1.54) is 18.2 Å². The van der Waals surface area contributed by atoms with Gasteiger partial charge in [0.1, 0.15) is 5.75 Å². The number of alkyl halides is 3. The number of aromatic hydroxyl groups is 1. The van der Waals surface area contributed by atoms with Gasteiger partial charge in [0.15, 0.2) is 0 Å². The fourth-order valence-electron chi connectivity index (χ4n) is 1.09. The Kier molecular flexibility index (Phi) is 3.36. The highest BCUT2D eigenvalue weighted by Crippen LogP contribution is 2.36. The molecule has 0 radical (unpaired) electrons. The number of nitrogens with two attached hydrogens (primary N) is 1. The lowest BCUT2D eigenvalue weighted by Gasteiger charge is -2.09. The molecule has 1 aromatic carbocycles. The van der Waals surface area contributed by atoms with Crippen LogP contribution in [-0.2, 0) is 6.18 Å². The molecular formula is C10H10F3NO. The molecule has 5 heteroatoms. The zero-order chi connectivity index (χ0) is 11.5. The van der Waals surface area contributed by atoms with Crippen molar-refractivity contribution in [2.24, 2.45) is 5.73 Å². The molecule has 82 valence electrons. The Hall–Kier alpha value is -1.49. The molecule has 0 aliphatic rings. The number of phenolic OH excluding ortho intramolecular Hbond substituents is 1. The maximum Gasteiger partial charge on any atom is 0.419 e. The molecule has 0 atom stereocenters. The van der Waals surface area contributed by atoms with Crippen molar-refractivity contribution >= 4 is 6.08 Å². The van der Waals surface area contributed by atoms with Crippen molar-refractivity contribution in [1.29, 1.82) is 0 Å². The molecule has 2 nitrogen and oxygen atoms in total. The van der Waals surface area contributed by atoms with Crippen LogP contribution < -0.4 is 5.73 Å². The standard InChI is InChI=1S/C10H10F3NO/c11-10(12,13)8-6-7(2-1-5-14)3-4-9(8)15/h1-4,6,15H,5,14H2. The Morgan fingerprint density at radius 3 is 2.53 bits per heavy atom. The third kappa shape index (κ3) is 2.99. The smallest absolute Gasteiger partial charge is 0.419 e. The van der Waals surface area contributed by atoms with Crippen molar-refractivity contribution in [2.75, 3.05) is 6.54 Å². The van der Waals surface area contributed by atoms with E-state index in [1.807, 2.05) is 0 Å². The van der Waals surface area contributed by atoms with Gasteiger partial charge in [-0.15, -0.1) is 0 Å². The fourth-order valence-corrected chi connectivity index (χ4v) is 1.09. The average molecular weight is 217 g/mol. The Bertz CT molecular complexity index is 371. The van der Waals surface area contributed by atoms with Crippen LogP contribution in [0.15, 0.2) is 24.3 Å². The van der Waals surface area contributed by atoms with Crippen molar-refractivity contribution in [1.82, 2.24) is 0 Å². The van der Waals surface area contributed by atoms with Crippen molar-refractivity contribution in [3.63, 3.8) is 0 Å². The van der Waals surface area contributed by atoms with Crippen LogP contribution in [0.25, 0.3) is 6.08 Å². The van der Waals surface area contributed by atoms with E-state index in [-0.39, 0.29) is 6.54 Å². The van der Waals surface area contributed by atoms with Crippen LogP contribution in [0.1, 0.15) is 11.1 Å². The van der Waals surface area contributed by atoms with E-state index in [0.29, 0.717) is 5.56 Å². The number of phenols is 1. The second kappa shape index (κ2) is 4.35. The minimum atomic E-state index is -4.54. The fraction of sp³-hybridized carbons (Fsp3) is 0.200. The summed E-state index contributed by atoms with van der Waals surface area (Å²) in [5, 5.41) is 9.03. The second-order valence-electron chi connectivity index (χ2n) is 2.91. The molecule has 0 saturated heterocycles.